The van der Waals surface area contributed by atoms with Gasteiger partial charge in [-0.2, -0.15) is 0 Å². The molecule has 1 fully saturated rings. The summed E-state index contributed by atoms with van der Waals surface area (Å²) >= 11 is 0. The fourth-order valence-electron chi connectivity index (χ4n) is 2.20. The normalized spacial score (nSPS) is 16.2. The lowest BCUT2D eigenvalue weighted by Gasteiger charge is -2.27. The van der Waals surface area contributed by atoms with Crippen LogP contribution in [-0.2, 0) is 13.0 Å². The number of hydrogen-bond donors (Lipinski definition) is 1. The van der Waals surface area contributed by atoms with Gasteiger partial charge in [0, 0.05) is 12.6 Å². The second-order valence-electron chi connectivity index (χ2n) is 5.62. The molecule has 1 aliphatic carbocycles. The first kappa shape index (κ1) is 12.6. The third kappa shape index (κ3) is 3.85. The number of nitrogens with one attached hydrogen (secondary N) is 1. The minimum Gasteiger partial charge on any atom is -0.310 e. The number of hydrogen-bond acceptors (Lipinski definition) is 1. The molecule has 0 aliphatic heterocycles. The lowest BCUT2D eigenvalue weighted by Crippen LogP contribution is -2.34. The summed E-state index contributed by atoms with van der Waals surface area (Å²) in [7, 11) is 0. The molecule has 1 N–H and O–H groups in total. The Bertz CT molecular complexity index is 339. The van der Waals surface area contributed by atoms with Crippen molar-refractivity contribution in [2.45, 2.75) is 58.5 Å². The minimum absolute atomic E-state index is 0.771. The van der Waals surface area contributed by atoms with Crippen LogP contribution in [0.5, 0.6) is 0 Å². The highest BCUT2D eigenvalue weighted by molar-refractivity contribution is 5.26. The van der Waals surface area contributed by atoms with Crippen molar-refractivity contribution in [3.8, 4) is 0 Å². The lowest BCUT2D eigenvalue weighted by molar-refractivity contribution is 0.338. The number of aryl methyl sites for hydroxylation is 1. The van der Waals surface area contributed by atoms with Gasteiger partial charge in [0.05, 0.1) is 0 Å². The summed E-state index contributed by atoms with van der Waals surface area (Å²) in [4.78, 5) is 0. The van der Waals surface area contributed by atoms with E-state index in [1.807, 2.05) is 6.07 Å². The van der Waals surface area contributed by atoms with E-state index in [0.29, 0.717) is 0 Å². The summed E-state index contributed by atoms with van der Waals surface area (Å²) in [6.07, 6.45) is 6.55. The molecule has 0 aromatic heterocycles. The summed E-state index contributed by atoms with van der Waals surface area (Å²) in [5.41, 5.74) is 2.85. The van der Waals surface area contributed by atoms with Gasteiger partial charge in [0.2, 0.25) is 0 Å². The van der Waals surface area contributed by atoms with Gasteiger partial charge < -0.3 is 5.32 Å². The van der Waals surface area contributed by atoms with E-state index < -0.39 is 0 Å². The third-order valence-corrected chi connectivity index (χ3v) is 3.70. The molecule has 1 aliphatic rings. The van der Waals surface area contributed by atoms with Crippen molar-refractivity contribution in [2.75, 3.05) is 0 Å². The molecule has 1 nitrogen and oxygen atoms in total. The molecule has 0 amide bonds. The van der Waals surface area contributed by atoms with Crippen molar-refractivity contribution in [3.63, 3.8) is 0 Å². The average molecular weight is 230 g/mol. The third-order valence-electron chi connectivity index (χ3n) is 3.70. The molecule has 0 bridgehead atoms. The van der Waals surface area contributed by atoms with E-state index >= 15 is 0 Å². The molecule has 1 aromatic carbocycles. The Morgan fingerprint density at radius 1 is 1.41 bits per heavy atom. The van der Waals surface area contributed by atoms with Crippen molar-refractivity contribution in [1.29, 1.82) is 0 Å². The molecule has 0 saturated heterocycles. The molecule has 0 atom stereocenters. The van der Waals surface area contributed by atoms with Gasteiger partial charge in [-0.25, -0.2) is 0 Å². The van der Waals surface area contributed by atoms with Crippen LogP contribution in [0.1, 0.15) is 50.7 Å². The zero-order valence-corrected chi connectivity index (χ0v) is 11.1. The Labute approximate surface area is 106 Å². The van der Waals surface area contributed by atoms with E-state index in [9.17, 15) is 0 Å². The fourth-order valence-corrected chi connectivity index (χ4v) is 2.20. The summed E-state index contributed by atoms with van der Waals surface area (Å²) in [5.74, 6) is 0.774. The van der Waals surface area contributed by atoms with Gasteiger partial charge in [0.1, 0.15) is 0 Å². The summed E-state index contributed by atoms with van der Waals surface area (Å²) < 4.78 is 0. The van der Waals surface area contributed by atoms with Crippen LogP contribution in [0, 0.1) is 12.0 Å². The maximum absolute atomic E-state index is 3.64. The molecule has 2 rings (SSSR count). The number of benzene rings is 1. The van der Waals surface area contributed by atoms with Gasteiger partial charge in [-0.15, -0.1) is 0 Å². The van der Waals surface area contributed by atoms with E-state index in [1.54, 1.807) is 0 Å². The van der Waals surface area contributed by atoms with Crippen molar-refractivity contribution in [2.24, 2.45) is 5.92 Å². The van der Waals surface area contributed by atoms with Crippen molar-refractivity contribution >= 4 is 0 Å². The highest BCUT2D eigenvalue weighted by Gasteiger charge is 2.16. The molecule has 1 saturated carbocycles. The monoisotopic (exact) mass is 230 g/mol. The first-order valence-electron chi connectivity index (χ1n) is 6.97. The first-order valence-corrected chi connectivity index (χ1v) is 6.97. The summed E-state index contributed by atoms with van der Waals surface area (Å²) in [6, 6.07) is 10.6. The van der Waals surface area contributed by atoms with Crippen molar-refractivity contribution in [1.82, 2.24) is 5.32 Å². The molecule has 1 radical (unpaired) electrons. The van der Waals surface area contributed by atoms with Gasteiger partial charge in [0.25, 0.3) is 0 Å². The Balaban J connectivity index is 1.89. The smallest absolute Gasteiger partial charge is 0.0211 e. The zero-order valence-electron chi connectivity index (χ0n) is 11.1. The predicted molar refractivity (Wildman–Crippen MR) is 72.9 cm³/mol. The zero-order chi connectivity index (χ0) is 12.1. The Morgan fingerprint density at radius 2 is 2.24 bits per heavy atom. The predicted octanol–water partition coefficient (Wildman–Crippen LogP) is 3.72. The van der Waals surface area contributed by atoms with Crippen molar-refractivity contribution in [3.05, 3.63) is 35.4 Å². The van der Waals surface area contributed by atoms with Crippen LogP contribution < -0.4 is 5.32 Å². The van der Waals surface area contributed by atoms with Crippen LogP contribution in [0.25, 0.3) is 0 Å². The Hall–Kier alpha value is -0.820. The highest BCUT2D eigenvalue weighted by Crippen LogP contribution is 2.19. The fraction of sp³-hybridized carbons (Fsp3) is 0.625. The van der Waals surface area contributed by atoms with Crippen LogP contribution in [0.4, 0.5) is 0 Å². The average Bonchev–Trinajstić information content (AvgIpc) is 2.25. The molecular formula is C16H24N. The largest absolute Gasteiger partial charge is 0.310 e. The minimum atomic E-state index is 0.771. The topological polar surface area (TPSA) is 12.0 Å². The quantitative estimate of drug-likeness (QED) is 0.785. The molecule has 0 heterocycles. The van der Waals surface area contributed by atoms with Gasteiger partial charge >= 0.3 is 0 Å². The summed E-state index contributed by atoms with van der Waals surface area (Å²) in [5, 5.41) is 3.64. The maximum Gasteiger partial charge on any atom is 0.0211 e. The van der Waals surface area contributed by atoms with Gasteiger partial charge in [-0.05, 0) is 48.8 Å². The van der Waals surface area contributed by atoms with Crippen LogP contribution in [-0.4, -0.2) is 6.04 Å². The van der Waals surface area contributed by atoms with E-state index in [-0.39, 0.29) is 0 Å². The van der Waals surface area contributed by atoms with E-state index in [2.05, 4.69) is 37.4 Å². The van der Waals surface area contributed by atoms with Gasteiger partial charge in [0.15, 0.2) is 0 Å². The van der Waals surface area contributed by atoms with Crippen LogP contribution in [0.3, 0.4) is 0 Å². The Kier molecular flexibility index (Phi) is 4.61. The van der Waals surface area contributed by atoms with E-state index in [0.717, 1.165) is 18.5 Å². The second-order valence-corrected chi connectivity index (χ2v) is 5.62. The molecule has 1 aromatic rings. The molecule has 0 spiro atoms. The molecular weight excluding hydrogens is 206 g/mol. The van der Waals surface area contributed by atoms with Crippen LogP contribution >= 0.6 is 0 Å². The van der Waals surface area contributed by atoms with Crippen molar-refractivity contribution < 1.29 is 0 Å². The standard InChI is InChI=1S/C16H24N/c1-13(2)10-11-14-6-3-4-7-15(14)12-17-16-8-5-9-16/h3-4,7,13,16-17H,5,8-12H2,1-2H3. The van der Waals surface area contributed by atoms with E-state index in [4.69, 9.17) is 0 Å². The van der Waals surface area contributed by atoms with Gasteiger partial charge in [-0.1, -0.05) is 38.5 Å². The Morgan fingerprint density at radius 3 is 2.88 bits per heavy atom. The van der Waals surface area contributed by atoms with Gasteiger partial charge in [-0.3, -0.25) is 0 Å². The van der Waals surface area contributed by atoms with Crippen LogP contribution in [0.15, 0.2) is 18.2 Å². The SMILES string of the molecule is CC(C)CCc1[c]cccc1CNC1CCC1. The molecule has 17 heavy (non-hydrogen) atoms. The molecule has 93 valence electrons. The molecule has 0 unspecified atom stereocenters. The molecule has 1 heteroatoms. The maximum atomic E-state index is 3.64. The highest BCUT2D eigenvalue weighted by atomic mass is 14.9. The lowest BCUT2D eigenvalue weighted by atomic mass is 9.92. The first-order chi connectivity index (χ1) is 8.25. The number of rotatable bonds is 6. The summed E-state index contributed by atoms with van der Waals surface area (Å²) in [6.45, 7) is 5.60. The van der Waals surface area contributed by atoms with E-state index in [1.165, 1.54) is 43.2 Å². The van der Waals surface area contributed by atoms with Crippen LogP contribution in [0.2, 0.25) is 0 Å². The second kappa shape index (κ2) is 6.20.